The van der Waals surface area contributed by atoms with Crippen LogP contribution in [0.15, 0.2) is 12.1 Å². The summed E-state index contributed by atoms with van der Waals surface area (Å²) < 4.78 is 0. The summed E-state index contributed by atoms with van der Waals surface area (Å²) >= 11 is 1.87. The van der Waals surface area contributed by atoms with Gasteiger partial charge in [0.15, 0.2) is 0 Å². The molecule has 2 unspecified atom stereocenters. The molecule has 0 spiro atoms. The van der Waals surface area contributed by atoms with Gasteiger partial charge in [0.25, 0.3) is 0 Å². The minimum Gasteiger partial charge on any atom is -0.329 e. The largest absolute Gasteiger partial charge is 0.329 e. The van der Waals surface area contributed by atoms with Crippen LogP contribution in [0.25, 0.3) is 0 Å². The number of nitrogens with zero attached hydrogens (tertiary/aromatic N) is 2. The Labute approximate surface area is 115 Å². The third kappa shape index (κ3) is 3.12. The topological polar surface area (TPSA) is 32.5 Å². The Hall–Kier alpha value is -0.420. The van der Waals surface area contributed by atoms with E-state index in [0.29, 0.717) is 18.6 Å². The average molecular weight is 267 g/mol. The third-order valence-electron chi connectivity index (χ3n) is 4.02. The van der Waals surface area contributed by atoms with E-state index in [4.69, 9.17) is 5.73 Å². The fourth-order valence-electron chi connectivity index (χ4n) is 2.82. The van der Waals surface area contributed by atoms with E-state index in [1.807, 2.05) is 11.3 Å². The average Bonchev–Trinajstić information content (AvgIpc) is 2.91. The molecule has 0 aliphatic carbocycles. The van der Waals surface area contributed by atoms with Crippen molar-refractivity contribution < 1.29 is 0 Å². The Balaban J connectivity index is 1.99. The summed E-state index contributed by atoms with van der Waals surface area (Å²) in [5.41, 5.74) is 5.98. The fraction of sp³-hybridized carbons (Fsp3) is 0.714. The van der Waals surface area contributed by atoms with Crippen LogP contribution in [-0.2, 0) is 0 Å². The minimum atomic E-state index is 0.373. The lowest BCUT2D eigenvalue weighted by atomic mass is 10.1. The molecule has 0 aromatic carbocycles. The molecular weight excluding hydrogens is 242 g/mol. The molecule has 18 heavy (non-hydrogen) atoms. The molecule has 2 N–H and O–H groups in total. The normalized spacial score (nSPS) is 22.8. The zero-order chi connectivity index (χ0) is 13.1. The van der Waals surface area contributed by atoms with Gasteiger partial charge in [0, 0.05) is 28.9 Å². The SMILES string of the molecule is Cc1ccc(C(CN)N(C)CC2CCCN2C)s1. The monoisotopic (exact) mass is 267 g/mol. The maximum Gasteiger partial charge on any atom is 0.0562 e. The van der Waals surface area contributed by atoms with Crippen molar-refractivity contribution in [2.75, 3.05) is 33.7 Å². The summed E-state index contributed by atoms with van der Waals surface area (Å²) in [6, 6.07) is 5.49. The first-order valence-electron chi connectivity index (χ1n) is 6.78. The maximum absolute atomic E-state index is 5.98. The van der Waals surface area contributed by atoms with E-state index in [0.717, 1.165) is 6.54 Å². The highest BCUT2D eigenvalue weighted by Crippen LogP contribution is 2.27. The first-order chi connectivity index (χ1) is 8.61. The van der Waals surface area contributed by atoms with Gasteiger partial charge in [0.2, 0.25) is 0 Å². The van der Waals surface area contributed by atoms with Crippen LogP contribution in [0.5, 0.6) is 0 Å². The Morgan fingerprint density at radius 1 is 1.56 bits per heavy atom. The molecular formula is C14H25N3S. The lowest BCUT2D eigenvalue weighted by Gasteiger charge is -2.31. The number of rotatable bonds is 5. The van der Waals surface area contributed by atoms with Gasteiger partial charge in [0.1, 0.15) is 0 Å². The van der Waals surface area contributed by atoms with Crippen molar-refractivity contribution >= 4 is 11.3 Å². The molecule has 1 fully saturated rings. The molecule has 2 rings (SSSR count). The number of likely N-dealkylation sites (tertiary alicyclic amines) is 1. The highest BCUT2D eigenvalue weighted by atomic mass is 32.1. The maximum atomic E-state index is 5.98. The number of hydrogen-bond acceptors (Lipinski definition) is 4. The molecule has 1 saturated heterocycles. The molecule has 0 amide bonds. The predicted molar refractivity (Wildman–Crippen MR) is 79.1 cm³/mol. The lowest BCUT2D eigenvalue weighted by Crippen LogP contribution is -2.40. The van der Waals surface area contributed by atoms with Crippen LogP contribution in [0.1, 0.15) is 28.6 Å². The Morgan fingerprint density at radius 3 is 2.83 bits per heavy atom. The summed E-state index contributed by atoms with van der Waals surface area (Å²) in [4.78, 5) is 7.68. The summed E-state index contributed by atoms with van der Waals surface area (Å²) in [6.07, 6.45) is 2.65. The third-order valence-corrected chi connectivity index (χ3v) is 5.12. The van der Waals surface area contributed by atoms with Crippen LogP contribution in [0.2, 0.25) is 0 Å². The molecule has 1 aliphatic heterocycles. The summed E-state index contributed by atoms with van der Waals surface area (Å²) in [5, 5.41) is 0. The van der Waals surface area contributed by atoms with E-state index in [1.165, 1.54) is 29.1 Å². The zero-order valence-electron chi connectivity index (χ0n) is 11.7. The van der Waals surface area contributed by atoms with E-state index in [9.17, 15) is 0 Å². The van der Waals surface area contributed by atoms with E-state index < -0.39 is 0 Å². The molecule has 1 aliphatic rings. The van der Waals surface area contributed by atoms with E-state index in [-0.39, 0.29) is 0 Å². The second kappa shape index (κ2) is 6.15. The van der Waals surface area contributed by atoms with Crippen LogP contribution in [0.4, 0.5) is 0 Å². The first-order valence-corrected chi connectivity index (χ1v) is 7.60. The quantitative estimate of drug-likeness (QED) is 0.886. The van der Waals surface area contributed by atoms with Gasteiger partial charge >= 0.3 is 0 Å². The molecule has 102 valence electrons. The number of thiophene rings is 1. The van der Waals surface area contributed by atoms with Crippen molar-refractivity contribution in [1.29, 1.82) is 0 Å². The number of likely N-dealkylation sites (N-methyl/N-ethyl adjacent to an activating group) is 2. The van der Waals surface area contributed by atoms with E-state index in [1.54, 1.807) is 0 Å². The molecule has 0 bridgehead atoms. The summed E-state index contributed by atoms with van der Waals surface area (Å²) in [6.45, 7) is 5.22. The van der Waals surface area contributed by atoms with Gasteiger partial charge in [-0.2, -0.15) is 0 Å². The second-order valence-electron chi connectivity index (χ2n) is 5.42. The van der Waals surface area contributed by atoms with Crippen LogP contribution >= 0.6 is 11.3 Å². The van der Waals surface area contributed by atoms with Crippen molar-refractivity contribution in [3.63, 3.8) is 0 Å². The van der Waals surface area contributed by atoms with Crippen LogP contribution in [0.3, 0.4) is 0 Å². The second-order valence-corrected chi connectivity index (χ2v) is 6.74. The van der Waals surface area contributed by atoms with Crippen LogP contribution in [-0.4, -0.2) is 49.6 Å². The van der Waals surface area contributed by atoms with Gasteiger partial charge < -0.3 is 10.6 Å². The predicted octanol–water partition coefficient (Wildman–Crippen LogP) is 2.08. The van der Waals surface area contributed by atoms with E-state index in [2.05, 4.69) is 43.0 Å². The Kier molecular flexibility index (Phi) is 4.78. The highest BCUT2D eigenvalue weighted by molar-refractivity contribution is 7.12. The van der Waals surface area contributed by atoms with Crippen LogP contribution in [0, 0.1) is 6.92 Å². The first kappa shape index (κ1) is 14.0. The lowest BCUT2D eigenvalue weighted by molar-refractivity contribution is 0.181. The molecule has 2 atom stereocenters. The van der Waals surface area contributed by atoms with Crippen molar-refractivity contribution in [3.8, 4) is 0 Å². The number of hydrogen-bond donors (Lipinski definition) is 1. The molecule has 2 heterocycles. The minimum absolute atomic E-state index is 0.373. The fourth-order valence-corrected chi connectivity index (χ4v) is 3.87. The molecule has 1 aromatic heterocycles. The van der Waals surface area contributed by atoms with Crippen molar-refractivity contribution in [2.24, 2.45) is 5.73 Å². The van der Waals surface area contributed by atoms with E-state index >= 15 is 0 Å². The summed E-state index contributed by atoms with van der Waals surface area (Å²) in [7, 11) is 4.44. The molecule has 4 heteroatoms. The molecule has 0 radical (unpaired) electrons. The zero-order valence-corrected chi connectivity index (χ0v) is 12.5. The van der Waals surface area contributed by atoms with Gasteiger partial charge in [-0.3, -0.25) is 4.90 Å². The van der Waals surface area contributed by atoms with Crippen molar-refractivity contribution in [2.45, 2.75) is 31.8 Å². The van der Waals surface area contributed by atoms with Gasteiger partial charge in [-0.15, -0.1) is 11.3 Å². The summed E-state index contributed by atoms with van der Waals surface area (Å²) in [5.74, 6) is 0. The van der Waals surface area contributed by atoms with Gasteiger partial charge in [-0.1, -0.05) is 0 Å². The highest BCUT2D eigenvalue weighted by Gasteiger charge is 2.25. The van der Waals surface area contributed by atoms with Gasteiger partial charge in [-0.25, -0.2) is 0 Å². The van der Waals surface area contributed by atoms with Gasteiger partial charge in [0.05, 0.1) is 6.04 Å². The standard InChI is InChI=1S/C14H25N3S/c1-11-6-7-14(18-11)13(9-15)17(3)10-12-5-4-8-16(12)2/h6-7,12-13H,4-5,8-10,15H2,1-3H3. The van der Waals surface area contributed by atoms with Crippen LogP contribution < -0.4 is 5.73 Å². The van der Waals surface area contributed by atoms with Crippen molar-refractivity contribution in [1.82, 2.24) is 9.80 Å². The number of nitrogens with two attached hydrogens (primary N) is 1. The smallest absolute Gasteiger partial charge is 0.0562 e. The Bertz CT molecular complexity index is 377. The Morgan fingerprint density at radius 2 is 2.33 bits per heavy atom. The van der Waals surface area contributed by atoms with Gasteiger partial charge in [-0.05, 0) is 52.5 Å². The van der Waals surface area contributed by atoms with Crippen molar-refractivity contribution in [3.05, 3.63) is 21.9 Å². The molecule has 3 nitrogen and oxygen atoms in total. The molecule has 0 saturated carbocycles. The number of aryl methyl sites for hydroxylation is 1. The molecule has 1 aromatic rings.